The van der Waals surface area contributed by atoms with Crippen molar-refractivity contribution < 1.29 is 0 Å². The van der Waals surface area contributed by atoms with Gasteiger partial charge in [0.15, 0.2) is 0 Å². The summed E-state index contributed by atoms with van der Waals surface area (Å²) in [6.45, 7) is 5.31. The van der Waals surface area contributed by atoms with Crippen LogP contribution >= 0.6 is 23.5 Å². The minimum atomic E-state index is 0.432. The summed E-state index contributed by atoms with van der Waals surface area (Å²) in [4.78, 5) is 0. The van der Waals surface area contributed by atoms with Gasteiger partial charge in [0, 0.05) is 41.8 Å². The zero-order valence-corrected chi connectivity index (χ0v) is 12.2. The third kappa shape index (κ3) is 4.23. The van der Waals surface area contributed by atoms with E-state index in [1.807, 2.05) is 6.20 Å². The number of aryl methyl sites for hydroxylation is 1. The molecular weight excluding hydrogens is 250 g/mol. The highest BCUT2D eigenvalue weighted by atomic mass is 32.2. The van der Waals surface area contributed by atoms with Crippen molar-refractivity contribution in [1.29, 1.82) is 0 Å². The van der Waals surface area contributed by atoms with Gasteiger partial charge < -0.3 is 5.32 Å². The molecule has 1 saturated heterocycles. The molecule has 0 spiro atoms. The Hall–Kier alpha value is -0.130. The Bertz CT molecular complexity index is 332. The molecule has 1 atom stereocenters. The van der Waals surface area contributed by atoms with Gasteiger partial charge in [0.05, 0.1) is 12.2 Å². The first-order valence-corrected chi connectivity index (χ1v) is 8.46. The van der Waals surface area contributed by atoms with Crippen LogP contribution < -0.4 is 5.32 Å². The third-order valence-electron chi connectivity index (χ3n) is 2.89. The summed E-state index contributed by atoms with van der Waals surface area (Å²) >= 11 is 4.14. The molecule has 0 bridgehead atoms. The molecule has 1 fully saturated rings. The predicted molar refractivity (Wildman–Crippen MR) is 78.1 cm³/mol. The summed E-state index contributed by atoms with van der Waals surface area (Å²) in [6.07, 6.45) is 4.04. The lowest BCUT2D eigenvalue weighted by Gasteiger charge is -2.19. The average molecular weight is 271 g/mol. The fourth-order valence-corrected chi connectivity index (χ4v) is 4.31. The molecule has 96 valence electrons. The molecule has 1 aromatic rings. The Morgan fingerprint density at radius 1 is 1.47 bits per heavy atom. The highest BCUT2D eigenvalue weighted by Gasteiger charge is 2.14. The van der Waals surface area contributed by atoms with Gasteiger partial charge in [0.25, 0.3) is 0 Å². The standard InChI is InChI=1S/C12H21N3S2/c1-10-5-14-15(7-10)11(2)6-13-12-8-16-3-4-17-9-12/h5,7,11-13H,3-4,6,8-9H2,1-2H3/t11-/m0/s1. The summed E-state index contributed by atoms with van der Waals surface area (Å²) in [5.74, 6) is 5.10. The van der Waals surface area contributed by atoms with E-state index >= 15 is 0 Å². The molecule has 2 rings (SSSR count). The quantitative estimate of drug-likeness (QED) is 0.909. The van der Waals surface area contributed by atoms with E-state index in [-0.39, 0.29) is 0 Å². The van der Waals surface area contributed by atoms with Gasteiger partial charge in [-0.25, -0.2) is 0 Å². The van der Waals surface area contributed by atoms with Crippen LogP contribution in [0.25, 0.3) is 0 Å². The summed E-state index contributed by atoms with van der Waals surface area (Å²) in [6, 6.07) is 1.09. The predicted octanol–water partition coefficient (Wildman–Crippen LogP) is 2.19. The largest absolute Gasteiger partial charge is 0.310 e. The summed E-state index contributed by atoms with van der Waals surface area (Å²) in [5.41, 5.74) is 1.23. The van der Waals surface area contributed by atoms with E-state index < -0.39 is 0 Å². The Morgan fingerprint density at radius 2 is 2.18 bits per heavy atom. The van der Waals surface area contributed by atoms with E-state index in [0.717, 1.165) is 6.54 Å². The van der Waals surface area contributed by atoms with Gasteiger partial charge >= 0.3 is 0 Å². The zero-order chi connectivity index (χ0) is 12.1. The Kier molecular flexibility index (Phi) is 5.25. The van der Waals surface area contributed by atoms with E-state index in [2.05, 4.69) is 58.7 Å². The molecule has 0 radical (unpaired) electrons. The minimum Gasteiger partial charge on any atom is -0.310 e. The van der Waals surface area contributed by atoms with Crippen LogP contribution in [0.3, 0.4) is 0 Å². The van der Waals surface area contributed by atoms with Crippen LogP contribution in [-0.4, -0.2) is 45.4 Å². The van der Waals surface area contributed by atoms with E-state index in [4.69, 9.17) is 0 Å². The topological polar surface area (TPSA) is 29.9 Å². The molecule has 1 aliphatic heterocycles. The number of nitrogens with one attached hydrogen (secondary N) is 1. The first kappa shape index (κ1) is 13.3. The molecule has 2 heterocycles. The molecule has 1 N–H and O–H groups in total. The summed E-state index contributed by atoms with van der Waals surface area (Å²) in [7, 11) is 0. The van der Waals surface area contributed by atoms with Gasteiger partial charge in [-0.3, -0.25) is 4.68 Å². The normalized spacial score (nSPS) is 20.1. The molecule has 0 aromatic carbocycles. The Morgan fingerprint density at radius 3 is 2.76 bits per heavy atom. The van der Waals surface area contributed by atoms with Crippen LogP contribution in [0.15, 0.2) is 12.4 Å². The van der Waals surface area contributed by atoms with Crippen LogP contribution in [0.4, 0.5) is 0 Å². The zero-order valence-electron chi connectivity index (χ0n) is 10.6. The van der Waals surface area contributed by atoms with E-state index in [9.17, 15) is 0 Å². The molecular formula is C12H21N3S2. The highest BCUT2D eigenvalue weighted by Crippen LogP contribution is 2.16. The molecule has 5 heteroatoms. The first-order chi connectivity index (χ1) is 8.25. The van der Waals surface area contributed by atoms with E-state index in [1.54, 1.807) is 0 Å². The second-order valence-corrected chi connectivity index (χ2v) is 6.90. The fraction of sp³-hybridized carbons (Fsp3) is 0.750. The second-order valence-electron chi connectivity index (χ2n) is 4.60. The average Bonchev–Trinajstić information content (AvgIpc) is 2.61. The van der Waals surface area contributed by atoms with Crippen molar-refractivity contribution in [3.05, 3.63) is 18.0 Å². The monoisotopic (exact) mass is 271 g/mol. The number of nitrogens with zero attached hydrogens (tertiary/aromatic N) is 2. The van der Waals surface area contributed by atoms with Crippen LogP contribution in [0.2, 0.25) is 0 Å². The number of hydrogen-bond acceptors (Lipinski definition) is 4. The number of thioether (sulfide) groups is 2. The van der Waals surface area contributed by atoms with Crippen LogP contribution in [0, 0.1) is 6.92 Å². The maximum absolute atomic E-state index is 4.36. The maximum atomic E-state index is 4.36. The van der Waals surface area contributed by atoms with Gasteiger partial charge in [0.2, 0.25) is 0 Å². The number of rotatable bonds is 4. The summed E-state index contributed by atoms with van der Waals surface area (Å²) < 4.78 is 2.05. The smallest absolute Gasteiger partial charge is 0.0615 e. The van der Waals surface area contributed by atoms with Crippen molar-refractivity contribution in [2.24, 2.45) is 0 Å². The van der Waals surface area contributed by atoms with Gasteiger partial charge in [0.1, 0.15) is 0 Å². The lowest BCUT2D eigenvalue weighted by Crippen LogP contribution is -2.36. The molecule has 17 heavy (non-hydrogen) atoms. The number of aromatic nitrogens is 2. The third-order valence-corrected chi connectivity index (χ3v) is 5.41. The van der Waals surface area contributed by atoms with Gasteiger partial charge in [-0.05, 0) is 19.4 Å². The fourth-order valence-electron chi connectivity index (χ4n) is 1.84. The van der Waals surface area contributed by atoms with Gasteiger partial charge in [-0.15, -0.1) is 0 Å². The SMILES string of the molecule is Cc1cnn([C@@H](C)CNC2CSCCSC2)c1. The van der Waals surface area contributed by atoms with Crippen molar-refractivity contribution >= 4 is 23.5 Å². The van der Waals surface area contributed by atoms with Crippen molar-refractivity contribution in [1.82, 2.24) is 15.1 Å². The Labute approximate surface area is 112 Å². The number of hydrogen-bond donors (Lipinski definition) is 1. The van der Waals surface area contributed by atoms with E-state index in [0.29, 0.717) is 12.1 Å². The molecule has 0 aliphatic carbocycles. The van der Waals surface area contributed by atoms with Crippen LogP contribution in [0.1, 0.15) is 18.5 Å². The van der Waals surface area contributed by atoms with Crippen LogP contribution in [-0.2, 0) is 0 Å². The maximum Gasteiger partial charge on any atom is 0.0615 e. The van der Waals surface area contributed by atoms with Crippen molar-refractivity contribution in [3.63, 3.8) is 0 Å². The first-order valence-electron chi connectivity index (χ1n) is 6.15. The van der Waals surface area contributed by atoms with Crippen molar-refractivity contribution in [2.45, 2.75) is 25.9 Å². The van der Waals surface area contributed by atoms with Crippen molar-refractivity contribution in [3.8, 4) is 0 Å². The molecule has 1 aliphatic rings. The molecule has 0 unspecified atom stereocenters. The Balaban J connectivity index is 1.77. The molecule has 0 saturated carbocycles. The summed E-state index contributed by atoms with van der Waals surface area (Å²) in [5, 5.41) is 8.03. The molecule has 1 aromatic heterocycles. The molecule has 0 amide bonds. The molecule has 3 nitrogen and oxygen atoms in total. The van der Waals surface area contributed by atoms with E-state index in [1.165, 1.54) is 28.6 Å². The minimum absolute atomic E-state index is 0.432. The van der Waals surface area contributed by atoms with Crippen LogP contribution in [0.5, 0.6) is 0 Å². The lowest BCUT2D eigenvalue weighted by molar-refractivity contribution is 0.436. The lowest BCUT2D eigenvalue weighted by atomic mass is 10.3. The van der Waals surface area contributed by atoms with Gasteiger partial charge in [-0.1, -0.05) is 0 Å². The second kappa shape index (κ2) is 6.71. The highest BCUT2D eigenvalue weighted by molar-refractivity contribution is 8.03. The van der Waals surface area contributed by atoms with Crippen molar-refractivity contribution in [2.75, 3.05) is 29.6 Å². The van der Waals surface area contributed by atoms with Gasteiger partial charge in [-0.2, -0.15) is 28.6 Å².